The number of nitrogens with zero attached hydrogens (tertiary/aromatic N) is 1. The highest BCUT2D eigenvalue weighted by molar-refractivity contribution is 7.89. The van der Waals surface area contributed by atoms with Gasteiger partial charge in [0.05, 0.1) is 5.25 Å². The van der Waals surface area contributed by atoms with Crippen LogP contribution in [0, 0.1) is 5.92 Å². The number of nitrogens with two attached hydrogens (primary N) is 1. The van der Waals surface area contributed by atoms with Gasteiger partial charge in [0, 0.05) is 19.6 Å². The van der Waals surface area contributed by atoms with Gasteiger partial charge in [-0.1, -0.05) is 30.3 Å². The average molecular weight is 296 g/mol. The average Bonchev–Trinajstić information content (AvgIpc) is 2.48. The van der Waals surface area contributed by atoms with Crippen LogP contribution >= 0.6 is 0 Å². The van der Waals surface area contributed by atoms with Crippen LogP contribution in [0.25, 0.3) is 0 Å². The van der Waals surface area contributed by atoms with E-state index in [0.717, 1.165) is 19.3 Å². The summed E-state index contributed by atoms with van der Waals surface area (Å²) >= 11 is 0. The molecule has 1 saturated heterocycles. The van der Waals surface area contributed by atoms with Crippen molar-refractivity contribution in [2.75, 3.05) is 19.6 Å². The number of benzene rings is 1. The molecule has 1 unspecified atom stereocenters. The molecule has 1 aromatic carbocycles. The van der Waals surface area contributed by atoms with Crippen LogP contribution in [0.15, 0.2) is 30.3 Å². The smallest absolute Gasteiger partial charge is 0.217 e. The van der Waals surface area contributed by atoms with E-state index < -0.39 is 15.3 Å². The SMILES string of the molecule is CC(CN)S(=O)(=O)N1CCC(Cc2ccccc2)CC1. The first-order valence-electron chi connectivity index (χ1n) is 7.27. The van der Waals surface area contributed by atoms with E-state index in [-0.39, 0.29) is 6.54 Å². The molecular weight excluding hydrogens is 272 g/mol. The highest BCUT2D eigenvalue weighted by atomic mass is 32.2. The van der Waals surface area contributed by atoms with Crippen molar-refractivity contribution >= 4 is 10.0 Å². The Morgan fingerprint density at radius 3 is 2.40 bits per heavy atom. The summed E-state index contributed by atoms with van der Waals surface area (Å²) in [7, 11) is -3.20. The first-order chi connectivity index (χ1) is 9.54. The second-order valence-corrected chi connectivity index (χ2v) is 7.97. The van der Waals surface area contributed by atoms with Crippen molar-refractivity contribution in [1.29, 1.82) is 0 Å². The van der Waals surface area contributed by atoms with E-state index in [4.69, 9.17) is 5.73 Å². The summed E-state index contributed by atoms with van der Waals surface area (Å²) in [5.41, 5.74) is 6.83. The first-order valence-corrected chi connectivity index (χ1v) is 8.77. The highest BCUT2D eigenvalue weighted by Gasteiger charge is 2.31. The second kappa shape index (κ2) is 6.70. The van der Waals surface area contributed by atoms with E-state index in [1.165, 1.54) is 5.56 Å². The number of piperidine rings is 1. The van der Waals surface area contributed by atoms with Crippen LogP contribution in [0.4, 0.5) is 0 Å². The molecular formula is C15H24N2O2S. The van der Waals surface area contributed by atoms with Gasteiger partial charge in [-0.25, -0.2) is 12.7 Å². The Hall–Kier alpha value is -0.910. The van der Waals surface area contributed by atoms with Gasteiger partial charge in [-0.2, -0.15) is 0 Å². The number of hydrogen-bond acceptors (Lipinski definition) is 3. The van der Waals surface area contributed by atoms with Crippen LogP contribution < -0.4 is 5.73 Å². The van der Waals surface area contributed by atoms with Gasteiger partial charge in [0.25, 0.3) is 0 Å². The Kier molecular flexibility index (Phi) is 5.18. The maximum Gasteiger partial charge on any atom is 0.217 e. The quantitative estimate of drug-likeness (QED) is 0.898. The molecule has 0 bridgehead atoms. The molecule has 1 atom stereocenters. The first kappa shape index (κ1) is 15.5. The molecule has 112 valence electrons. The summed E-state index contributed by atoms with van der Waals surface area (Å²) in [5.74, 6) is 0.581. The zero-order chi connectivity index (χ0) is 14.6. The number of sulfonamides is 1. The lowest BCUT2D eigenvalue weighted by Gasteiger charge is -2.32. The van der Waals surface area contributed by atoms with Gasteiger partial charge < -0.3 is 5.73 Å². The van der Waals surface area contributed by atoms with Crippen molar-refractivity contribution in [3.8, 4) is 0 Å². The third-order valence-corrected chi connectivity index (χ3v) is 6.44. The third kappa shape index (κ3) is 3.59. The van der Waals surface area contributed by atoms with Gasteiger partial charge in [0.1, 0.15) is 0 Å². The van der Waals surface area contributed by atoms with Crippen molar-refractivity contribution in [1.82, 2.24) is 4.31 Å². The molecule has 0 aliphatic carbocycles. The minimum atomic E-state index is -3.20. The normalized spacial score (nSPS) is 19.9. The maximum atomic E-state index is 12.2. The van der Waals surface area contributed by atoms with Gasteiger partial charge in [0.2, 0.25) is 10.0 Å². The summed E-state index contributed by atoms with van der Waals surface area (Å²) in [5, 5.41) is -0.479. The lowest BCUT2D eigenvalue weighted by atomic mass is 9.91. The van der Waals surface area contributed by atoms with Crippen molar-refractivity contribution in [2.45, 2.75) is 31.4 Å². The fourth-order valence-electron chi connectivity index (χ4n) is 2.69. The Morgan fingerprint density at radius 2 is 1.85 bits per heavy atom. The molecule has 2 N–H and O–H groups in total. The topological polar surface area (TPSA) is 63.4 Å². The number of rotatable bonds is 5. The Balaban J connectivity index is 1.90. The molecule has 0 amide bonds. The zero-order valence-corrected chi connectivity index (χ0v) is 12.8. The molecule has 0 saturated carbocycles. The van der Waals surface area contributed by atoms with E-state index in [9.17, 15) is 8.42 Å². The molecule has 1 aromatic rings. The van der Waals surface area contributed by atoms with Crippen LogP contribution in [0.3, 0.4) is 0 Å². The second-order valence-electron chi connectivity index (χ2n) is 5.62. The summed E-state index contributed by atoms with van der Waals surface area (Å²) < 4.78 is 26.1. The van der Waals surface area contributed by atoms with E-state index in [1.54, 1.807) is 11.2 Å². The van der Waals surface area contributed by atoms with Gasteiger partial charge in [-0.05, 0) is 37.7 Å². The summed E-state index contributed by atoms with van der Waals surface area (Å²) in [6.07, 6.45) is 2.91. The van der Waals surface area contributed by atoms with Crippen LogP contribution in [-0.2, 0) is 16.4 Å². The predicted molar refractivity (Wildman–Crippen MR) is 81.9 cm³/mol. The molecule has 0 radical (unpaired) electrons. The highest BCUT2D eigenvalue weighted by Crippen LogP contribution is 2.24. The summed E-state index contributed by atoms with van der Waals surface area (Å²) in [4.78, 5) is 0. The summed E-state index contributed by atoms with van der Waals surface area (Å²) in [6, 6.07) is 10.4. The fourth-order valence-corrected chi connectivity index (χ4v) is 4.16. The van der Waals surface area contributed by atoms with Crippen LogP contribution in [0.1, 0.15) is 25.3 Å². The van der Waals surface area contributed by atoms with Crippen LogP contribution in [0.2, 0.25) is 0 Å². The largest absolute Gasteiger partial charge is 0.329 e. The minimum Gasteiger partial charge on any atom is -0.329 e. The van der Waals surface area contributed by atoms with Crippen LogP contribution in [-0.4, -0.2) is 37.6 Å². The van der Waals surface area contributed by atoms with Gasteiger partial charge >= 0.3 is 0 Å². The molecule has 5 heteroatoms. The molecule has 20 heavy (non-hydrogen) atoms. The van der Waals surface area contributed by atoms with E-state index >= 15 is 0 Å². The Labute approximate surface area is 122 Å². The minimum absolute atomic E-state index is 0.187. The molecule has 4 nitrogen and oxygen atoms in total. The van der Waals surface area contributed by atoms with Gasteiger partial charge in [0.15, 0.2) is 0 Å². The third-order valence-electron chi connectivity index (χ3n) is 4.14. The van der Waals surface area contributed by atoms with Crippen molar-refractivity contribution in [3.63, 3.8) is 0 Å². The zero-order valence-electron chi connectivity index (χ0n) is 12.0. The monoisotopic (exact) mass is 296 g/mol. The Bertz CT molecular complexity index is 508. The van der Waals surface area contributed by atoms with Crippen molar-refractivity contribution < 1.29 is 8.42 Å². The van der Waals surface area contributed by atoms with Gasteiger partial charge in [-0.15, -0.1) is 0 Å². The molecule has 0 spiro atoms. The van der Waals surface area contributed by atoms with Crippen LogP contribution in [0.5, 0.6) is 0 Å². The lowest BCUT2D eigenvalue weighted by Crippen LogP contribution is -2.45. The molecule has 2 rings (SSSR count). The summed E-state index contributed by atoms with van der Waals surface area (Å²) in [6.45, 7) is 3.13. The molecule has 1 aliphatic heterocycles. The lowest BCUT2D eigenvalue weighted by molar-refractivity contribution is 0.271. The Morgan fingerprint density at radius 1 is 1.25 bits per heavy atom. The van der Waals surface area contributed by atoms with Crippen molar-refractivity contribution in [3.05, 3.63) is 35.9 Å². The van der Waals surface area contributed by atoms with E-state index in [1.807, 2.05) is 6.07 Å². The predicted octanol–water partition coefficient (Wildman–Crippen LogP) is 1.62. The molecule has 1 heterocycles. The number of hydrogen-bond donors (Lipinski definition) is 1. The fraction of sp³-hybridized carbons (Fsp3) is 0.600. The maximum absolute atomic E-state index is 12.2. The standard InChI is InChI=1S/C15H24N2O2S/c1-13(12-16)20(18,19)17-9-7-15(8-10-17)11-14-5-3-2-4-6-14/h2-6,13,15H,7-12,16H2,1H3. The van der Waals surface area contributed by atoms with E-state index in [0.29, 0.717) is 19.0 Å². The van der Waals surface area contributed by atoms with Gasteiger partial charge in [-0.3, -0.25) is 0 Å². The molecule has 1 fully saturated rings. The molecule has 0 aromatic heterocycles. The van der Waals surface area contributed by atoms with E-state index in [2.05, 4.69) is 24.3 Å². The van der Waals surface area contributed by atoms with Crippen molar-refractivity contribution in [2.24, 2.45) is 11.7 Å². The molecule has 1 aliphatic rings.